The smallest absolute Gasteiger partial charge is 0.208 e. The molecule has 7 nitrogen and oxygen atoms in total. The van der Waals surface area contributed by atoms with E-state index in [-0.39, 0.29) is 5.60 Å². The third kappa shape index (κ3) is 2.64. The van der Waals surface area contributed by atoms with Gasteiger partial charge < -0.3 is 14.5 Å². The van der Waals surface area contributed by atoms with Crippen LogP contribution in [0.1, 0.15) is 12.8 Å². The van der Waals surface area contributed by atoms with Crippen LogP contribution in [-0.2, 0) is 4.74 Å². The molecule has 2 aliphatic heterocycles. The maximum Gasteiger partial charge on any atom is 0.208 e. The topological polar surface area (TPSA) is 67.3 Å². The van der Waals surface area contributed by atoms with Crippen molar-refractivity contribution in [3.8, 4) is 0 Å². The normalized spacial score (nSPS) is 25.6. The first kappa shape index (κ1) is 13.8. The van der Waals surface area contributed by atoms with Crippen LogP contribution in [0.15, 0.2) is 24.1 Å². The summed E-state index contributed by atoms with van der Waals surface area (Å²) in [5, 5.41) is 9.13. The SMILES string of the molecule is c1cnc(N2CCCC3(C2)CN(c2nncs2)CCO3)cn1. The van der Waals surface area contributed by atoms with Gasteiger partial charge in [0.25, 0.3) is 0 Å². The maximum atomic E-state index is 6.21. The molecular formula is C14H18N6OS. The fourth-order valence-corrected chi connectivity index (χ4v) is 3.90. The number of ether oxygens (including phenoxy) is 1. The van der Waals surface area contributed by atoms with Crippen LogP contribution in [0, 0.1) is 0 Å². The van der Waals surface area contributed by atoms with E-state index in [0.29, 0.717) is 0 Å². The Labute approximate surface area is 133 Å². The minimum Gasteiger partial charge on any atom is -0.369 e. The highest BCUT2D eigenvalue weighted by Crippen LogP contribution is 2.32. The minimum absolute atomic E-state index is 0.153. The number of nitrogens with zero attached hydrogens (tertiary/aromatic N) is 6. The average Bonchev–Trinajstić information content (AvgIpc) is 3.10. The van der Waals surface area contributed by atoms with Gasteiger partial charge in [-0.25, -0.2) is 4.98 Å². The number of aromatic nitrogens is 4. The standard InChI is InChI=1S/C14H18N6OS/c1-2-14(9-19(5-1)12-8-15-3-4-16-12)10-20(6-7-21-14)13-18-17-11-22-13/h3-4,8,11H,1-2,5-7,9-10H2. The Kier molecular flexibility index (Phi) is 3.63. The second-order valence-electron chi connectivity index (χ2n) is 5.76. The van der Waals surface area contributed by atoms with E-state index in [4.69, 9.17) is 4.74 Å². The Hall–Kier alpha value is -1.80. The van der Waals surface area contributed by atoms with Crippen molar-refractivity contribution in [1.82, 2.24) is 20.2 Å². The number of anilines is 2. The summed E-state index contributed by atoms with van der Waals surface area (Å²) in [6.07, 6.45) is 7.44. The molecule has 4 heterocycles. The molecule has 0 N–H and O–H groups in total. The van der Waals surface area contributed by atoms with Crippen LogP contribution in [0.3, 0.4) is 0 Å². The molecule has 0 aromatic carbocycles. The van der Waals surface area contributed by atoms with Gasteiger partial charge in [0.2, 0.25) is 5.13 Å². The van der Waals surface area contributed by atoms with Gasteiger partial charge in [0.05, 0.1) is 25.9 Å². The zero-order valence-electron chi connectivity index (χ0n) is 12.3. The van der Waals surface area contributed by atoms with Crippen molar-refractivity contribution in [1.29, 1.82) is 0 Å². The molecule has 0 aliphatic carbocycles. The molecule has 2 aromatic rings. The monoisotopic (exact) mass is 318 g/mol. The first-order valence-corrected chi connectivity index (χ1v) is 8.39. The Balaban J connectivity index is 1.53. The molecule has 1 spiro atoms. The van der Waals surface area contributed by atoms with Gasteiger partial charge in [-0.3, -0.25) is 4.98 Å². The molecule has 22 heavy (non-hydrogen) atoms. The van der Waals surface area contributed by atoms with E-state index in [0.717, 1.165) is 56.6 Å². The van der Waals surface area contributed by atoms with Gasteiger partial charge in [0.1, 0.15) is 16.9 Å². The van der Waals surface area contributed by atoms with Crippen LogP contribution in [0.5, 0.6) is 0 Å². The highest BCUT2D eigenvalue weighted by molar-refractivity contribution is 7.13. The maximum absolute atomic E-state index is 6.21. The van der Waals surface area contributed by atoms with Crippen LogP contribution < -0.4 is 9.80 Å². The second-order valence-corrected chi connectivity index (χ2v) is 6.57. The lowest BCUT2D eigenvalue weighted by Gasteiger charge is -2.48. The molecule has 1 unspecified atom stereocenters. The van der Waals surface area contributed by atoms with Crippen LogP contribution >= 0.6 is 11.3 Å². The number of hydrogen-bond acceptors (Lipinski definition) is 8. The van der Waals surface area contributed by atoms with Gasteiger partial charge in [-0.2, -0.15) is 0 Å². The molecule has 0 saturated carbocycles. The van der Waals surface area contributed by atoms with Crippen molar-refractivity contribution in [2.45, 2.75) is 18.4 Å². The summed E-state index contributed by atoms with van der Waals surface area (Å²) >= 11 is 1.59. The van der Waals surface area contributed by atoms with Crippen molar-refractivity contribution < 1.29 is 4.74 Å². The third-order valence-electron chi connectivity index (χ3n) is 4.28. The summed E-state index contributed by atoms with van der Waals surface area (Å²) < 4.78 is 6.21. The van der Waals surface area contributed by atoms with Crippen molar-refractivity contribution in [3.05, 3.63) is 24.1 Å². The summed E-state index contributed by atoms with van der Waals surface area (Å²) in [6.45, 7) is 4.32. The van der Waals surface area contributed by atoms with E-state index in [9.17, 15) is 0 Å². The van der Waals surface area contributed by atoms with Gasteiger partial charge in [-0.1, -0.05) is 11.3 Å². The average molecular weight is 318 g/mol. The van der Waals surface area contributed by atoms with Crippen LogP contribution in [0.25, 0.3) is 0 Å². The van der Waals surface area contributed by atoms with Crippen molar-refractivity contribution in [3.63, 3.8) is 0 Å². The molecule has 0 radical (unpaired) electrons. The van der Waals surface area contributed by atoms with Crippen molar-refractivity contribution in [2.24, 2.45) is 0 Å². The van der Waals surface area contributed by atoms with Crippen LogP contribution in [-0.4, -0.2) is 58.6 Å². The highest BCUT2D eigenvalue weighted by atomic mass is 32.1. The predicted molar refractivity (Wildman–Crippen MR) is 84.3 cm³/mol. The predicted octanol–water partition coefficient (Wildman–Crippen LogP) is 1.20. The van der Waals surface area contributed by atoms with Gasteiger partial charge in [-0.15, -0.1) is 10.2 Å². The number of hydrogen-bond donors (Lipinski definition) is 0. The quantitative estimate of drug-likeness (QED) is 0.824. The van der Waals surface area contributed by atoms with E-state index >= 15 is 0 Å². The van der Waals surface area contributed by atoms with Crippen LogP contribution in [0.2, 0.25) is 0 Å². The largest absolute Gasteiger partial charge is 0.369 e. The first-order chi connectivity index (χ1) is 10.8. The summed E-state index contributed by atoms with van der Waals surface area (Å²) in [5.74, 6) is 0.929. The summed E-state index contributed by atoms with van der Waals surface area (Å²) in [4.78, 5) is 13.2. The first-order valence-electron chi connectivity index (χ1n) is 7.51. The fourth-order valence-electron chi connectivity index (χ4n) is 3.31. The fraction of sp³-hybridized carbons (Fsp3) is 0.571. The van der Waals surface area contributed by atoms with Crippen LogP contribution in [0.4, 0.5) is 10.9 Å². The second kappa shape index (κ2) is 5.77. The lowest BCUT2D eigenvalue weighted by molar-refractivity contribution is -0.0630. The molecule has 4 rings (SSSR count). The van der Waals surface area contributed by atoms with Gasteiger partial charge in [0.15, 0.2) is 0 Å². The van der Waals surface area contributed by atoms with E-state index < -0.39 is 0 Å². The van der Waals surface area contributed by atoms with E-state index in [2.05, 4.69) is 30.0 Å². The summed E-state index contributed by atoms with van der Waals surface area (Å²) in [5.41, 5.74) is 1.63. The number of piperidine rings is 1. The Morgan fingerprint density at radius 2 is 2.14 bits per heavy atom. The third-order valence-corrected chi connectivity index (χ3v) is 5.03. The van der Waals surface area contributed by atoms with E-state index in [1.165, 1.54) is 0 Å². The van der Waals surface area contributed by atoms with Crippen molar-refractivity contribution >= 4 is 22.3 Å². The zero-order chi connectivity index (χ0) is 14.8. The number of rotatable bonds is 2. The minimum atomic E-state index is -0.153. The summed E-state index contributed by atoms with van der Waals surface area (Å²) in [6, 6.07) is 0. The molecule has 8 heteroatoms. The molecular weight excluding hydrogens is 300 g/mol. The van der Waals surface area contributed by atoms with E-state index in [1.807, 2.05) is 6.20 Å². The molecule has 2 saturated heterocycles. The Morgan fingerprint density at radius 1 is 1.18 bits per heavy atom. The van der Waals surface area contributed by atoms with Gasteiger partial charge in [0, 0.05) is 25.5 Å². The molecule has 2 fully saturated rings. The summed E-state index contributed by atoms with van der Waals surface area (Å²) in [7, 11) is 0. The van der Waals surface area contributed by atoms with Gasteiger partial charge >= 0.3 is 0 Å². The molecule has 0 amide bonds. The molecule has 1 atom stereocenters. The lowest BCUT2D eigenvalue weighted by Crippen LogP contribution is -2.60. The number of morpholine rings is 1. The zero-order valence-corrected chi connectivity index (χ0v) is 13.1. The van der Waals surface area contributed by atoms with Crippen molar-refractivity contribution in [2.75, 3.05) is 42.6 Å². The molecule has 2 aromatic heterocycles. The Morgan fingerprint density at radius 3 is 2.95 bits per heavy atom. The Bertz CT molecular complexity index is 605. The lowest BCUT2D eigenvalue weighted by atomic mass is 9.91. The molecule has 116 valence electrons. The molecule has 0 bridgehead atoms. The highest BCUT2D eigenvalue weighted by Gasteiger charge is 2.41. The molecule has 2 aliphatic rings. The van der Waals surface area contributed by atoms with E-state index in [1.54, 1.807) is 29.2 Å². The van der Waals surface area contributed by atoms with Gasteiger partial charge in [-0.05, 0) is 12.8 Å².